The average Bonchev–Trinajstić information content (AvgIpc) is 2.47. The molecule has 0 heterocycles. The first-order chi connectivity index (χ1) is 10.1. The predicted molar refractivity (Wildman–Crippen MR) is 97.1 cm³/mol. The molecule has 0 aliphatic rings. The summed E-state index contributed by atoms with van der Waals surface area (Å²) in [6.07, 6.45) is 2.04. The molecule has 0 atom stereocenters. The van der Waals surface area contributed by atoms with Gasteiger partial charge < -0.3 is 5.48 Å². The molecule has 0 aliphatic heterocycles. The Hall–Kier alpha value is -1.29. The van der Waals surface area contributed by atoms with Gasteiger partial charge in [-0.3, -0.25) is 0 Å². The minimum atomic E-state index is 0. The number of aryl methyl sites for hydroxylation is 2. The van der Waals surface area contributed by atoms with Crippen molar-refractivity contribution in [2.45, 2.75) is 40.0 Å². The molecule has 0 unspecified atom stereocenters. The van der Waals surface area contributed by atoms with Crippen LogP contribution in [0.4, 0.5) is 0 Å². The van der Waals surface area contributed by atoms with E-state index in [-0.39, 0.29) is 5.48 Å². The number of hydrogen-bond donors (Lipinski definition) is 0. The van der Waals surface area contributed by atoms with Crippen LogP contribution in [0.15, 0.2) is 36.4 Å². The second-order valence-corrected chi connectivity index (χ2v) is 7.32. The molecule has 0 bridgehead atoms. The molecule has 22 heavy (non-hydrogen) atoms. The fraction of sp³-hybridized carbons (Fsp3) is 0.333. The molecule has 4 heteroatoms. The summed E-state index contributed by atoms with van der Waals surface area (Å²) in [7, 11) is 2.33. The fourth-order valence-electron chi connectivity index (χ4n) is 2.23. The van der Waals surface area contributed by atoms with Crippen LogP contribution in [-0.4, -0.2) is 5.48 Å². The van der Waals surface area contributed by atoms with E-state index < -0.39 is 0 Å². The van der Waals surface area contributed by atoms with Crippen LogP contribution in [0, 0.1) is 27.7 Å². The summed E-state index contributed by atoms with van der Waals surface area (Å²) in [4.78, 5) is 0. The third-order valence-electron chi connectivity index (χ3n) is 4.04. The van der Waals surface area contributed by atoms with Gasteiger partial charge in [-0.25, -0.2) is 0 Å². The van der Waals surface area contributed by atoms with E-state index in [0.717, 1.165) is 12.3 Å². The molecule has 0 aromatic heterocycles. The zero-order valence-electron chi connectivity index (χ0n) is 13.7. The van der Waals surface area contributed by atoms with E-state index in [0.29, 0.717) is 0 Å². The van der Waals surface area contributed by atoms with Crippen LogP contribution in [0.2, 0.25) is 0 Å². The average molecular weight is 331 g/mol. The molecule has 0 radical (unpaired) electrons. The van der Waals surface area contributed by atoms with E-state index in [1.54, 1.807) is 0 Å². The molecule has 1 N–H and O–H groups in total. The number of benzene rings is 2. The number of nitrogens with zero attached hydrogens (tertiary/aromatic N) is 1. The van der Waals surface area contributed by atoms with Crippen molar-refractivity contribution < 1.29 is 5.48 Å². The lowest BCUT2D eigenvalue weighted by Gasteiger charge is -2.02. The van der Waals surface area contributed by atoms with E-state index in [9.17, 15) is 0 Å². The van der Waals surface area contributed by atoms with Crippen LogP contribution in [0.3, 0.4) is 0 Å². The van der Waals surface area contributed by atoms with Gasteiger partial charge in [-0.1, -0.05) is 40.6 Å². The molecule has 0 saturated carbocycles. The highest BCUT2D eigenvalue weighted by atomic mass is 31.1. The van der Waals surface area contributed by atoms with Crippen molar-refractivity contribution in [1.29, 1.82) is 0 Å². The standard InChI is InChI=1S/C18H22NP2.H2O/c1-13-7-5-9-17(15(13)3)11-20-19-21-12-18-10-6-8-14(2)16(18)4;/h5-10H,11-12H2,1-4H3;1H2/q+1;/p-1. The van der Waals surface area contributed by atoms with Gasteiger partial charge in [0.25, 0.3) is 0 Å². The Morgan fingerprint density at radius 3 is 1.55 bits per heavy atom. The van der Waals surface area contributed by atoms with Crippen LogP contribution in [0.25, 0.3) is 0 Å². The van der Waals surface area contributed by atoms with Gasteiger partial charge in [0.1, 0.15) is 0 Å². The predicted octanol–water partition coefficient (Wildman–Crippen LogP) is 5.77. The summed E-state index contributed by atoms with van der Waals surface area (Å²) in [6.45, 7) is 8.75. The van der Waals surface area contributed by atoms with Crippen molar-refractivity contribution in [2.24, 2.45) is 0 Å². The van der Waals surface area contributed by atoms with Crippen LogP contribution >= 0.6 is 16.7 Å². The fourth-order valence-corrected chi connectivity index (χ4v) is 4.08. The molecular formula is C18H23NOP2. The van der Waals surface area contributed by atoms with E-state index in [2.05, 4.69) is 68.3 Å². The van der Waals surface area contributed by atoms with Crippen molar-refractivity contribution in [1.82, 2.24) is 4.17 Å². The summed E-state index contributed by atoms with van der Waals surface area (Å²) in [5.41, 5.74) is 8.40. The lowest BCUT2D eigenvalue weighted by atomic mass is 10.1. The quantitative estimate of drug-likeness (QED) is 0.518. The summed E-state index contributed by atoms with van der Waals surface area (Å²) < 4.78 is 4.65. The second kappa shape index (κ2) is 8.99. The minimum absolute atomic E-state index is 0. The van der Waals surface area contributed by atoms with E-state index in [1.165, 1.54) is 50.1 Å². The van der Waals surface area contributed by atoms with Crippen molar-refractivity contribution in [3.8, 4) is 0 Å². The Labute approximate surface area is 136 Å². The summed E-state index contributed by atoms with van der Waals surface area (Å²) in [6, 6.07) is 13.1. The molecule has 0 fully saturated rings. The highest BCUT2D eigenvalue weighted by molar-refractivity contribution is 7.33. The van der Waals surface area contributed by atoms with Gasteiger partial charge in [0.2, 0.25) is 0 Å². The second-order valence-electron chi connectivity index (χ2n) is 5.41. The largest absolute Gasteiger partial charge is 0.870 e. The van der Waals surface area contributed by atoms with Crippen LogP contribution in [-0.2, 0) is 12.3 Å². The molecule has 0 saturated heterocycles. The van der Waals surface area contributed by atoms with Crippen molar-refractivity contribution in [3.63, 3.8) is 0 Å². The Bertz CT molecular complexity index is 647. The molecular weight excluding hydrogens is 308 g/mol. The van der Waals surface area contributed by atoms with E-state index in [1.807, 2.05) is 0 Å². The number of hydrogen-bond acceptors (Lipinski definition) is 1. The molecule has 2 rings (SSSR count). The number of rotatable bonds is 4. The summed E-state index contributed by atoms with van der Waals surface area (Å²) >= 11 is 0. The molecule has 0 aliphatic carbocycles. The smallest absolute Gasteiger partial charge is 0.366 e. The minimum Gasteiger partial charge on any atom is -0.870 e. The molecule has 0 spiro atoms. The SMILES string of the molecule is Cc1cccc(CP=[N+]=PCc2cccc(C)c2C)c1C.[OH-]. The third-order valence-corrected chi connectivity index (χ3v) is 6.02. The summed E-state index contributed by atoms with van der Waals surface area (Å²) in [5.74, 6) is 0. The van der Waals surface area contributed by atoms with Gasteiger partial charge in [-0.05, 0) is 61.1 Å². The zero-order chi connectivity index (χ0) is 15.2. The Morgan fingerprint density at radius 2 is 1.14 bits per heavy atom. The van der Waals surface area contributed by atoms with Gasteiger partial charge in [-0.15, -0.1) is 0 Å². The van der Waals surface area contributed by atoms with Gasteiger partial charge in [-0.2, -0.15) is 0 Å². The van der Waals surface area contributed by atoms with Crippen LogP contribution in [0.1, 0.15) is 33.4 Å². The molecule has 0 amide bonds. The molecule has 2 nitrogen and oxygen atoms in total. The van der Waals surface area contributed by atoms with Crippen molar-refractivity contribution in [2.75, 3.05) is 0 Å². The Morgan fingerprint density at radius 1 is 0.727 bits per heavy atom. The lowest BCUT2D eigenvalue weighted by molar-refractivity contribution is 0.824. The van der Waals surface area contributed by atoms with Gasteiger partial charge in [0.15, 0.2) is 0 Å². The Balaban J connectivity index is 0.00000242. The Kier molecular flexibility index (Phi) is 7.66. The topological polar surface area (TPSA) is 44.1 Å². The van der Waals surface area contributed by atoms with E-state index in [4.69, 9.17) is 0 Å². The molecule has 2 aromatic rings. The maximum absolute atomic E-state index is 4.65. The molecule has 116 valence electrons. The highest BCUT2D eigenvalue weighted by Crippen LogP contribution is 2.19. The van der Waals surface area contributed by atoms with Gasteiger partial charge in [0.05, 0.1) is 12.3 Å². The zero-order valence-corrected chi connectivity index (χ0v) is 15.5. The van der Waals surface area contributed by atoms with Crippen LogP contribution < -0.4 is 4.17 Å². The highest BCUT2D eigenvalue weighted by Gasteiger charge is 2.04. The maximum atomic E-state index is 4.65. The third kappa shape index (κ3) is 4.87. The van der Waals surface area contributed by atoms with Crippen molar-refractivity contribution in [3.05, 3.63) is 69.8 Å². The monoisotopic (exact) mass is 331 g/mol. The van der Waals surface area contributed by atoms with Crippen molar-refractivity contribution >= 4 is 16.7 Å². The normalized spacial score (nSPS) is 10.4. The maximum Gasteiger partial charge on any atom is 0.366 e. The van der Waals surface area contributed by atoms with Crippen LogP contribution in [0.5, 0.6) is 0 Å². The van der Waals surface area contributed by atoms with E-state index >= 15 is 0 Å². The molecule has 2 aromatic carbocycles. The first-order valence-electron chi connectivity index (χ1n) is 7.23. The first kappa shape index (κ1) is 18.8. The van der Waals surface area contributed by atoms with Gasteiger partial charge in [0, 0.05) is 0 Å². The first-order valence-corrected chi connectivity index (χ1v) is 9.29. The summed E-state index contributed by atoms with van der Waals surface area (Å²) in [5, 5.41) is 0. The lowest BCUT2D eigenvalue weighted by Crippen LogP contribution is -1.88. The van der Waals surface area contributed by atoms with Gasteiger partial charge >= 0.3 is 16.7 Å².